The molecule has 0 N–H and O–H groups in total. The van der Waals surface area contributed by atoms with Gasteiger partial charge < -0.3 is 0 Å². The van der Waals surface area contributed by atoms with Crippen molar-refractivity contribution in [3.63, 3.8) is 0 Å². The lowest BCUT2D eigenvalue weighted by Crippen LogP contribution is -2.45. The second-order valence-corrected chi connectivity index (χ2v) is 4.58. The number of amides is 2. The summed E-state index contributed by atoms with van der Waals surface area (Å²) in [6, 6.07) is 0. The average Bonchev–Trinajstić information content (AvgIpc) is 2.05. The standard InChI is InChI=1S/C8H13NO2S/c1-8(2,3)9-6(10)4-5(12)7(9)11/h5,12H,4H2,1-3H3. The minimum atomic E-state index is -0.434. The Hall–Kier alpha value is -0.510. The van der Waals surface area contributed by atoms with Gasteiger partial charge in [0, 0.05) is 12.0 Å². The molecule has 0 radical (unpaired) electrons. The first-order valence-electron chi connectivity index (χ1n) is 3.89. The lowest BCUT2D eigenvalue weighted by Gasteiger charge is -2.29. The van der Waals surface area contributed by atoms with Gasteiger partial charge in [-0.15, -0.1) is 0 Å². The zero-order valence-electron chi connectivity index (χ0n) is 7.50. The van der Waals surface area contributed by atoms with Crippen molar-refractivity contribution in [2.75, 3.05) is 0 Å². The van der Waals surface area contributed by atoms with E-state index < -0.39 is 10.8 Å². The number of rotatable bonds is 0. The Bertz CT molecular complexity index is 232. The molecule has 0 aromatic carbocycles. The van der Waals surface area contributed by atoms with Gasteiger partial charge in [-0.05, 0) is 20.8 Å². The first kappa shape index (κ1) is 9.58. The lowest BCUT2D eigenvalue weighted by molar-refractivity contribution is -0.143. The molecule has 0 spiro atoms. The summed E-state index contributed by atoms with van der Waals surface area (Å²) < 4.78 is 0. The van der Waals surface area contributed by atoms with Crippen LogP contribution >= 0.6 is 12.6 Å². The molecule has 1 unspecified atom stereocenters. The molecule has 0 aromatic rings. The number of hydrogen-bond donors (Lipinski definition) is 1. The summed E-state index contributed by atoms with van der Waals surface area (Å²) in [6.45, 7) is 5.53. The smallest absolute Gasteiger partial charge is 0.243 e. The van der Waals surface area contributed by atoms with Crippen LogP contribution in [0, 0.1) is 0 Å². The summed E-state index contributed by atoms with van der Waals surface area (Å²) in [6.07, 6.45) is 0.235. The van der Waals surface area contributed by atoms with Crippen LogP contribution in [0.2, 0.25) is 0 Å². The molecular formula is C8H13NO2S. The highest BCUT2D eigenvalue weighted by Crippen LogP contribution is 2.25. The second kappa shape index (κ2) is 2.76. The van der Waals surface area contributed by atoms with Gasteiger partial charge in [0.1, 0.15) is 0 Å². The Kier molecular flexibility index (Phi) is 2.21. The molecule has 0 saturated carbocycles. The minimum absolute atomic E-state index is 0.118. The summed E-state index contributed by atoms with van der Waals surface area (Å²) in [7, 11) is 0. The van der Waals surface area contributed by atoms with Gasteiger partial charge in [-0.3, -0.25) is 14.5 Å². The minimum Gasteiger partial charge on any atom is -0.276 e. The predicted molar refractivity (Wildman–Crippen MR) is 49.0 cm³/mol. The molecule has 1 saturated heterocycles. The Morgan fingerprint density at radius 2 is 1.92 bits per heavy atom. The number of carbonyl (C=O) groups is 2. The third-order valence-corrected chi connectivity index (χ3v) is 2.20. The van der Waals surface area contributed by atoms with E-state index in [1.807, 2.05) is 20.8 Å². The molecule has 1 heterocycles. The van der Waals surface area contributed by atoms with Gasteiger partial charge in [-0.1, -0.05) is 0 Å². The van der Waals surface area contributed by atoms with Crippen molar-refractivity contribution in [1.29, 1.82) is 0 Å². The van der Waals surface area contributed by atoms with E-state index in [1.165, 1.54) is 4.90 Å². The van der Waals surface area contributed by atoms with Gasteiger partial charge in [0.15, 0.2) is 0 Å². The van der Waals surface area contributed by atoms with Crippen molar-refractivity contribution in [2.24, 2.45) is 0 Å². The summed E-state index contributed by atoms with van der Waals surface area (Å²) in [5.74, 6) is -0.289. The van der Waals surface area contributed by atoms with Gasteiger partial charge in [0.25, 0.3) is 0 Å². The fourth-order valence-corrected chi connectivity index (χ4v) is 1.59. The molecule has 4 heteroatoms. The fourth-order valence-electron chi connectivity index (χ4n) is 1.32. The van der Waals surface area contributed by atoms with Gasteiger partial charge in [-0.2, -0.15) is 12.6 Å². The van der Waals surface area contributed by atoms with Crippen molar-refractivity contribution >= 4 is 24.4 Å². The van der Waals surface area contributed by atoms with Crippen LogP contribution < -0.4 is 0 Å². The van der Waals surface area contributed by atoms with Gasteiger partial charge in [-0.25, -0.2) is 0 Å². The Balaban J connectivity index is 2.92. The molecular weight excluding hydrogens is 174 g/mol. The van der Waals surface area contributed by atoms with E-state index in [-0.39, 0.29) is 18.2 Å². The molecule has 3 nitrogen and oxygen atoms in total. The summed E-state index contributed by atoms with van der Waals surface area (Å²) in [5, 5.41) is -0.434. The molecule has 1 rings (SSSR count). The van der Waals surface area contributed by atoms with Gasteiger partial charge >= 0.3 is 0 Å². The third kappa shape index (κ3) is 1.48. The van der Waals surface area contributed by atoms with Crippen LogP contribution in [0.25, 0.3) is 0 Å². The topological polar surface area (TPSA) is 37.4 Å². The average molecular weight is 187 g/mol. The zero-order chi connectivity index (χ0) is 9.52. The number of thiol groups is 1. The summed E-state index contributed by atoms with van der Waals surface area (Å²) in [5.41, 5.74) is -0.411. The zero-order valence-corrected chi connectivity index (χ0v) is 8.39. The fraction of sp³-hybridized carbons (Fsp3) is 0.750. The summed E-state index contributed by atoms with van der Waals surface area (Å²) >= 11 is 4.03. The van der Waals surface area contributed by atoms with Crippen molar-refractivity contribution < 1.29 is 9.59 Å². The number of hydrogen-bond acceptors (Lipinski definition) is 3. The van der Waals surface area contributed by atoms with Gasteiger partial charge in [0.05, 0.1) is 5.25 Å². The van der Waals surface area contributed by atoms with Crippen molar-refractivity contribution in [3.05, 3.63) is 0 Å². The maximum atomic E-state index is 11.4. The van der Waals surface area contributed by atoms with Crippen LogP contribution in [0.15, 0.2) is 0 Å². The molecule has 2 amide bonds. The molecule has 1 aliphatic rings. The second-order valence-electron chi connectivity index (χ2n) is 3.96. The first-order chi connectivity index (χ1) is 5.34. The monoisotopic (exact) mass is 187 g/mol. The maximum absolute atomic E-state index is 11.4. The van der Waals surface area contributed by atoms with E-state index in [4.69, 9.17) is 0 Å². The lowest BCUT2D eigenvalue weighted by atomic mass is 10.1. The van der Waals surface area contributed by atoms with E-state index in [1.54, 1.807) is 0 Å². The van der Waals surface area contributed by atoms with Crippen LogP contribution in [0.3, 0.4) is 0 Å². The highest BCUT2D eigenvalue weighted by Gasteiger charge is 2.42. The quantitative estimate of drug-likeness (QED) is 0.451. The van der Waals surface area contributed by atoms with Crippen molar-refractivity contribution in [2.45, 2.75) is 38.0 Å². The first-order valence-corrected chi connectivity index (χ1v) is 4.40. The third-order valence-electron chi connectivity index (χ3n) is 1.79. The van der Waals surface area contributed by atoms with Gasteiger partial charge in [0.2, 0.25) is 11.8 Å². The molecule has 0 aromatic heterocycles. The molecule has 1 aliphatic heterocycles. The number of nitrogens with zero attached hydrogens (tertiary/aromatic N) is 1. The van der Waals surface area contributed by atoms with E-state index >= 15 is 0 Å². The van der Waals surface area contributed by atoms with Crippen LogP contribution in [-0.2, 0) is 9.59 Å². The van der Waals surface area contributed by atoms with Crippen LogP contribution in [0.1, 0.15) is 27.2 Å². The highest BCUT2D eigenvalue weighted by atomic mass is 32.1. The van der Waals surface area contributed by atoms with Crippen LogP contribution in [-0.4, -0.2) is 27.5 Å². The van der Waals surface area contributed by atoms with Crippen LogP contribution in [0.4, 0.5) is 0 Å². The normalized spacial score (nSPS) is 25.3. The van der Waals surface area contributed by atoms with E-state index in [2.05, 4.69) is 12.6 Å². The van der Waals surface area contributed by atoms with E-state index in [0.29, 0.717) is 0 Å². The van der Waals surface area contributed by atoms with Crippen molar-refractivity contribution in [3.8, 4) is 0 Å². The highest BCUT2D eigenvalue weighted by molar-refractivity contribution is 7.81. The van der Waals surface area contributed by atoms with Crippen molar-refractivity contribution in [1.82, 2.24) is 4.90 Å². The number of carbonyl (C=O) groups excluding carboxylic acids is 2. The maximum Gasteiger partial charge on any atom is 0.243 e. The predicted octanol–water partition coefficient (Wildman–Crippen LogP) is 0.842. The molecule has 0 bridgehead atoms. The number of imide groups is 1. The largest absolute Gasteiger partial charge is 0.276 e. The SMILES string of the molecule is CC(C)(C)N1C(=O)CC(S)C1=O. The number of likely N-dealkylation sites (tertiary alicyclic amines) is 1. The molecule has 0 aliphatic carbocycles. The Morgan fingerprint density at radius 1 is 1.42 bits per heavy atom. The molecule has 68 valence electrons. The Morgan fingerprint density at radius 3 is 2.08 bits per heavy atom. The summed E-state index contributed by atoms with van der Waals surface area (Å²) in [4.78, 5) is 24.0. The Labute approximate surface area is 77.5 Å². The molecule has 1 fully saturated rings. The van der Waals surface area contributed by atoms with E-state index in [9.17, 15) is 9.59 Å². The molecule has 1 atom stereocenters. The van der Waals surface area contributed by atoms with E-state index in [0.717, 1.165) is 0 Å². The molecule has 12 heavy (non-hydrogen) atoms. The van der Waals surface area contributed by atoms with Crippen LogP contribution in [0.5, 0.6) is 0 Å².